The third-order valence-electron chi connectivity index (χ3n) is 0.328. The van der Waals surface area contributed by atoms with Crippen molar-refractivity contribution in [2.75, 3.05) is 0 Å². The predicted octanol–water partition coefficient (Wildman–Crippen LogP) is -0.855. The van der Waals surface area contributed by atoms with E-state index in [9.17, 15) is 4.79 Å². The molecule has 0 spiro atoms. The minimum Gasteiger partial charge on any atom is -0.385 e. The largest absolute Gasteiger partial charge is 0.385 e. The Morgan fingerprint density at radius 2 is 2.00 bits per heavy atom. The summed E-state index contributed by atoms with van der Waals surface area (Å²) in [4.78, 5) is 9.88. The van der Waals surface area contributed by atoms with Crippen LogP contribution in [0.2, 0.25) is 0 Å². The zero-order chi connectivity index (χ0) is 5.15. The SMILES string of the molecule is CC(O)C(=O)I.[AlH3]. The van der Waals surface area contributed by atoms with Crippen LogP contribution in [-0.2, 0) is 4.79 Å². The number of rotatable bonds is 1. The van der Waals surface area contributed by atoms with Gasteiger partial charge in [0.15, 0.2) is 17.4 Å². The maximum absolute atomic E-state index is 9.88. The summed E-state index contributed by atoms with van der Waals surface area (Å²) < 4.78 is -0.215. The van der Waals surface area contributed by atoms with E-state index in [0.717, 1.165) is 0 Å². The van der Waals surface area contributed by atoms with Gasteiger partial charge in [0.2, 0.25) is 3.79 Å². The maximum atomic E-state index is 9.88. The number of hydrogen-bond acceptors (Lipinski definition) is 2. The fourth-order valence-corrected chi connectivity index (χ4v) is 0. The van der Waals surface area contributed by atoms with E-state index < -0.39 is 6.10 Å². The molecule has 0 bridgehead atoms. The molecule has 0 aromatic rings. The van der Waals surface area contributed by atoms with Crippen molar-refractivity contribution in [3.05, 3.63) is 0 Å². The topological polar surface area (TPSA) is 37.3 Å². The molecule has 0 saturated heterocycles. The summed E-state index contributed by atoms with van der Waals surface area (Å²) in [6.07, 6.45) is -0.800. The third kappa shape index (κ3) is 6.89. The van der Waals surface area contributed by atoms with E-state index >= 15 is 0 Å². The molecule has 0 heterocycles. The number of aliphatic hydroxyl groups is 1. The Kier molecular flexibility index (Phi) is 7.77. The minimum absolute atomic E-state index is 0. The van der Waals surface area contributed by atoms with E-state index in [-0.39, 0.29) is 21.2 Å². The summed E-state index contributed by atoms with van der Waals surface area (Å²) in [6, 6.07) is 0. The van der Waals surface area contributed by atoms with E-state index in [1.807, 2.05) is 0 Å². The zero-order valence-corrected chi connectivity index (χ0v) is 5.47. The van der Waals surface area contributed by atoms with Crippen molar-refractivity contribution in [3.63, 3.8) is 0 Å². The Morgan fingerprint density at radius 1 is 1.86 bits per heavy atom. The molecule has 0 aliphatic rings. The van der Waals surface area contributed by atoms with Gasteiger partial charge < -0.3 is 5.11 Å². The van der Waals surface area contributed by atoms with Gasteiger partial charge in [-0.3, -0.25) is 4.79 Å². The summed E-state index contributed by atoms with van der Waals surface area (Å²) in [6.45, 7) is 1.44. The summed E-state index contributed by atoms with van der Waals surface area (Å²) in [5, 5.41) is 8.27. The van der Waals surface area contributed by atoms with E-state index in [2.05, 4.69) is 0 Å². The smallest absolute Gasteiger partial charge is 0.220 e. The molecule has 0 aromatic heterocycles. The van der Waals surface area contributed by atoms with Gasteiger partial charge in [0, 0.05) is 22.6 Å². The fraction of sp³-hybridized carbons (Fsp3) is 0.667. The Labute approximate surface area is 66.6 Å². The van der Waals surface area contributed by atoms with Crippen molar-refractivity contribution in [2.45, 2.75) is 13.0 Å². The first-order chi connectivity index (χ1) is 2.64. The van der Waals surface area contributed by atoms with Gasteiger partial charge in [0.1, 0.15) is 6.10 Å². The second-order valence-electron chi connectivity index (χ2n) is 0.980. The molecule has 0 rings (SSSR count). The molecule has 0 radical (unpaired) electrons. The monoisotopic (exact) mass is 230 g/mol. The first kappa shape index (κ1) is 10.8. The lowest BCUT2D eigenvalue weighted by atomic mass is 10.5. The van der Waals surface area contributed by atoms with Crippen LogP contribution in [0.3, 0.4) is 0 Å². The number of carbonyl (C=O) groups excluding carboxylic acids is 1. The van der Waals surface area contributed by atoms with Gasteiger partial charge in [-0.05, 0) is 6.92 Å². The van der Waals surface area contributed by atoms with Crippen LogP contribution in [0, 0.1) is 0 Å². The van der Waals surface area contributed by atoms with Crippen molar-refractivity contribution in [1.82, 2.24) is 0 Å². The lowest BCUT2D eigenvalue weighted by molar-refractivity contribution is -0.115. The van der Waals surface area contributed by atoms with Crippen molar-refractivity contribution in [2.24, 2.45) is 0 Å². The fourth-order valence-electron chi connectivity index (χ4n) is 0. The third-order valence-corrected chi connectivity index (χ3v) is 1.23. The molecule has 4 heteroatoms. The standard InChI is InChI=1S/C3H5IO2.Al.3H/c1-2(5)3(4)6;;;;/h2,5H,1H3;;;;. The van der Waals surface area contributed by atoms with Crippen molar-refractivity contribution in [3.8, 4) is 0 Å². The van der Waals surface area contributed by atoms with Crippen LogP contribution in [-0.4, -0.2) is 32.4 Å². The molecule has 2 nitrogen and oxygen atoms in total. The van der Waals surface area contributed by atoms with Crippen molar-refractivity contribution >= 4 is 43.7 Å². The molecule has 0 aliphatic heterocycles. The average Bonchev–Trinajstić information content (AvgIpc) is 1.36. The molecule has 0 saturated carbocycles. The predicted molar refractivity (Wildman–Crippen MR) is 40.6 cm³/mol. The maximum Gasteiger partial charge on any atom is 0.220 e. The zero-order valence-electron chi connectivity index (χ0n) is 3.31. The summed E-state index contributed by atoms with van der Waals surface area (Å²) in [5.41, 5.74) is 0. The molecule has 1 N–H and O–H groups in total. The highest BCUT2D eigenvalue weighted by Crippen LogP contribution is 1.90. The molecule has 0 aliphatic carbocycles. The van der Waals surface area contributed by atoms with Crippen LogP contribution in [0.15, 0.2) is 0 Å². The van der Waals surface area contributed by atoms with E-state index in [1.54, 1.807) is 22.6 Å². The highest BCUT2D eigenvalue weighted by molar-refractivity contribution is 14.1. The first-order valence-corrected chi connectivity index (χ1v) is 2.60. The normalized spacial score (nSPS) is 11.9. The average molecular weight is 230 g/mol. The molecule has 1 atom stereocenters. The summed E-state index contributed by atoms with van der Waals surface area (Å²) in [5.74, 6) is 0. The summed E-state index contributed by atoms with van der Waals surface area (Å²) >= 11 is 1.54. The van der Waals surface area contributed by atoms with Gasteiger partial charge in [-0.15, -0.1) is 0 Å². The van der Waals surface area contributed by atoms with Crippen molar-refractivity contribution < 1.29 is 9.90 Å². The number of aliphatic hydroxyl groups excluding tert-OH is 1. The number of halogens is 1. The van der Waals surface area contributed by atoms with Gasteiger partial charge in [-0.1, -0.05) is 0 Å². The minimum atomic E-state index is -0.800. The Morgan fingerprint density at radius 3 is 2.00 bits per heavy atom. The van der Waals surface area contributed by atoms with Crippen LogP contribution >= 0.6 is 22.6 Å². The van der Waals surface area contributed by atoms with Gasteiger partial charge in [0.05, 0.1) is 0 Å². The van der Waals surface area contributed by atoms with Gasteiger partial charge >= 0.3 is 0 Å². The van der Waals surface area contributed by atoms with Crippen LogP contribution in [0.5, 0.6) is 0 Å². The highest BCUT2D eigenvalue weighted by atomic mass is 127. The Bertz CT molecular complexity index is 64.0. The van der Waals surface area contributed by atoms with Crippen LogP contribution in [0.1, 0.15) is 6.92 Å². The second kappa shape index (κ2) is 5.04. The quantitative estimate of drug-likeness (QED) is 0.361. The van der Waals surface area contributed by atoms with Gasteiger partial charge in [-0.25, -0.2) is 0 Å². The second-order valence-corrected chi connectivity index (χ2v) is 2.04. The van der Waals surface area contributed by atoms with Crippen LogP contribution < -0.4 is 0 Å². The van der Waals surface area contributed by atoms with E-state index in [1.165, 1.54) is 6.92 Å². The number of carbonyl (C=O) groups is 1. The van der Waals surface area contributed by atoms with Crippen LogP contribution in [0.4, 0.5) is 0 Å². The number of hydrogen-bond donors (Lipinski definition) is 1. The molecule has 42 valence electrons. The molecular weight excluding hydrogens is 222 g/mol. The lowest BCUT2D eigenvalue weighted by Crippen LogP contribution is -2.06. The molecule has 0 fully saturated rings. The highest BCUT2D eigenvalue weighted by Gasteiger charge is 1.99. The van der Waals surface area contributed by atoms with Crippen LogP contribution in [0.25, 0.3) is 0 Å². The molecule has 0 amide bonds. The molecule has 0 aromatic carbocycles. The summed E-state index contributed by atoms with van der Waals surface area (Å²) in [7, 11) is 0. The molecular formula is C3H8AlIO2. The van der Waals surface area contributed by atoms with E-state index in [0.29, 0.717) is 0 Å². The van der Waals surface area contributed by atoms with Crippen molar-refractivity contribution in [1.29, 1.82) is 0 Å². The van der Waals surface area contributed by atoms with Gasteiger partial charge in [-0.2, -0.15) is 0 Å². The Balaban J connectivity index is 0. The Hall–Kier alpha value is 0.892. The lowest BCUT2D eigenvalue weighted by Gasteiger charge is -1.88. The molecule has 7 heavy (non-hydrogen) atoms. The van der Waals surface area contributed by atoms with Gasteiger partial charge in [0.25, 0.3) is 0 Å². The molecule has 1 unspecified atom stereocenters. The van der Waals surface area contributed by atoms with E-state index in [4.69, 9.17) is 5.11 Å². The first-order valence-electron chi connectivity index (χ1n) is 1.52.